The Morgan fingerprint density at radius 1 is 1.05 bits per heavy atom. The molecule has 3 rings (SSSR count). The minimum absolute atomic E-state index is 0.0227. The zero-order valence-electron chi connectivity index (χ0n) is 20.1. The summed E-state index contributed by atoms with van der Waals surface area (Å²) in [6, 6.07) is 15.3. The van der Waals surface area contributed by atoms with Crippen molar-refractivity contribution in [1.29, 1.82) is 0 Å². The van der Waals surface area contributed by atoms with Gasteiger partial charge in [0.15, 0.2) is 0 Å². The molecule has 196 valence electrons. The third-order valence-corrected chi connectivity index (χ3v) is 7.78. The number of nitro groups is 1. The van der Waals surface area contributed by atoms with Crippen LogP contribution in [0, 0.1) is 17.0 Å². The maximum Gasteiger partial charge on any atom is 0.273 e. The lowest BCUT2D eigenvalue weighted by Crippen LogP contribution is -2.41. The first kappa shape index (κ1) is 28.2. The van der Waals surface area contributed by atoms with Crippen LogP contribution in [0.2, 0.25) is 10.0 Å². The minimum Gasteiger partial charge on any atom is -0.495 e. The SMILES string of the molecule is COc1ccc(Cl)cc1N(CC(=O)NCCCc1ccc(Cl)cc1)S(=O)(=O)c1ccc(C)c([N+](=O)[O-])c1. The van der Waals surface area contributed by atoms with Crippen LogP contribution in [0.1, 0.15) is 17.5 Å². The molecule has 0 heterocycles. The Morgan fingerprint density at radius 3 is 2.38 bits per heavy atom. The van der Waals surface area contributed by atoms with Gasteiger partial charge >= 0.3 is 0 Å². The fourth-order valence-electron chi connectivity index (χ4n) is 3.59. The number of hydrogen-bond donors (Lipinski definition) is 1. The molecule has 0 unspecified atom stereocenters. The average Bonchev–Trinajstić information content (AvgIpc) is 2.86. The lowest BCUT2D eigenvalue weighted by atomic mass is 10.1. The Balaban J connectivity index is 1.87. The molecule has 0 aliphatic carbocycles. The second kappa shape index (κ2) is 12.3. The number of nitrogens with zero attached hydrogens (tertiary/aromatic N) is 2. The third kappa shape index (κ3) is 7.12. The summed E-state index contributed by atoms with van der Waals surface area (Å²) in [5.41, 5.74) is 1.02. The van der Waals surface area contributed by atoms with Gasteiger partial charge in [-0.15, -0.1) is 0 Å². The van der Waals surface area contributed by atoms with Crippen molar-refractivity contribution in [2.75, 3.05) is 24.5 Å². The van der Waals surface area contributed by atoms with Crippen LogP contribution in [-0.4, -0.2) is 39.4 Å². The maximum atomic E-state index is 13.7. The van der Waals surface area contributed by atoms with E-state index in [4.69, 9.17) is 27.9 Å². The molecular weight excluding hydrogens is 541 g/mol. The highest BCUT2D eigenvalue weighted by molar-refractivity contribution is 7.92. The Bertz CT molecular complexity index is 1400. The topological polar surface area (TPSA) is 119 Å². The van der Waals surface area contributed by atoms with Gasteiger partial charge in [0.05, 0.1) is 22.6 Å². The predicted octanol–water partition coefficient (Wildman–Crippen LogP) is 5.16. The summed E-state index contributed by atoms with van der Waals surface area (Å²) in [5, 5.41) is 15.0. The molecule has 37 heavy (non-hydrogen) atoms. The predicted molar refractivity (Wildman–Crippen MR) is 143 cm³/mol. The Labute approximate surface area is 225 Å². The highest BCUT2D eigenvalue weighted by Gasteiger charge is 2.31. The average molecular weight is 566 g/mol. The van der Waals surface area contributed by atoms with E-state index in [0.29, 0.717) is 30.0 Å². The van der Waals surface area contributed by atoms with E-state index in [1.165, 1.54) is 44.4 Å². The van der Waals surface area contributed by atoms with E-state index in [0.717, 1.165) is 15.9 Å². The van der Waals surface area contributed by atoms with Crippen LogP contribution in [0.15, 0.2) is 65.6 Å². The van der Waals surface area contributed by atoms with E-state index >= 15 is 0 Å². The fourth-order valence-corrected chi connectivity index (χ4v) is 5.33. The summed E-state index contributed by atoms with van der Waals surface area (Å²) < 4.78 is 33.5. The number of nitrogens with one attached hydrogen (secondary N) is 1. The molecule has 9 nitrogen and oxygen atoms in total. The zero-order valence-corrected chi connectivity index (χ0v) is 22.4. The molecule has 3 aromatic carbocycles. The summed E-state index contributed by atoms with van der Waals surface area (Å²) in [6.07, 6.45) is 1.30. The van der Waals surface area contributed by atoms with Crippen LogP contribution < -0.4 is 14.4 Å². The molecule has 3 aromatic rings. The van der Waals surface area contributed by atoms with Crippen LogP contribution in [0.3, 0.4) is 0 Å². The van der Waals surface area contributed by atoms with E-state index in [2.05, 4.69) is 5.32 Å². The Hall–Kier alpha value is -3.34. The number of methoxy groups -OCH3 is 1. The van der Waals surface area contributed by atoms with E-state index in [9.17, 15) is 23.3 Å². The Morgan fingerprint density at radius 2 is 1.73 bits per heavy atom. The molecule has 0 fully saturated rings. The molecule has 0 aliphatic heterocycles. The van der Waals surface area contributed by atoms with Crippen molar-refractivity contribution in [3.8, 4) is 5.75 Å². The number of aryl methyl sites for hydroxylation is 2. The van der Waals surface area contributed by atoms with Gasteiger partial charge in [0.2, 0.25) is 5.91 Å². The lowest BCUT2D eigenvalue weighted by molar-refractivity contribution is -0.385. The van der Waals surface area contributed by atoms with Gasteiger partial charge in [-0.25, -0.2) is 8.42 Å². The first-order valence-electron chi connectivity index (χ1n) is 11.2. The third-order valence-electron chi connectivity index (χ3n) is 5.54. The zero-order chi connectivity index (χ0) is 27.2. The molecule has 12 heteroatoms. The van der Waals surface area contributed by atoms with E-state index in [1.807, 2.05) is 12.1 Å². The number of nitro benzene ring substituents is 1. The lowest BCUT2D eigenvalue weighted by Gasteiger charge is -2.26. The van der Waals surface area contributed by atoms with Crippen molar-refractivity contribution in [2.45, 2.75) is 24.7 Å². The van der Waals surface area contributed by atoms with Crippen molar-refractivity contribution >= 4 is 50.5 Å². The first-order chi connectivity index (χ1) is 17.5. The number of anilines is 1. The summed E-state index contributed by atoms with van der Waals surface area (Å²) in [6.45, 7) is 1.21. The molecule has 0 aliphatic rings. The van der Waals surface area contributed by atoms with Crippen LogP contribution in [0.25, 0.3) is 0 Å². The molecular formula is C25H25Cl2N3O6S. The number of amides is 1. The van der Waals surface area contributed by atoms with Crippen LogP contribution in [-0.2, 0) is 21.2 Å². The van der Waals surface area contributed by atoms with Crippen molar-refractivity contribution < 1.29 is 22.9 Å². The van der Waals surface area contributed by atoms with Gasteiger partial charge in [-0.1, -0.05) is 41.4 Å². The standard InChI is InChI=1S/C25H25Cl2N3O6S/c1-17-5-11-21(15-22(17)30(32)33)37(34,35)29(23-14-20(27)10-12-24(23)36-2)16-25(31)28-13-3-4-18-6-8-19(26)9-7-18/h5-12,14-15H,3-4,13,16H2,1-2H3,(H,28,31). The van der Waals surface area contributed by atoms with Gasteiger partial charge < -0.3 is 10.1 Å². The summed E-state index contributed by atoms with van der Waals surface area (Å²) in [4.78, 5) is 23.3. The molecule has 1 N–H and O–H groups in total. The van der Waals surface area contributed by atoms with Gasteiger partial charge in [-0.2, -0.15) is 0 Å². The number of hydrogen-bond acceptors (Lipinski definition) is 6. The smallest absolute Gasteiger partial charge is 0.273 e. The number of rotatable bonds is 11. The highest BCUT2D eigenvalue weighted by Crippen LogP contribution is 2.35. The molecule has 0 saturated heterocycles. The van der Waals surface area contributed by atoms with E-state index < -0.39 is 27.4 Å². The molecule has 0 atom stereocenters. The molecule has 0 saturated carbocycles. The van der Waals surface area contributed by atoms with Gasteiger partial charge in [0.25, 0.3) is 15.7 Å². The largest absolute Gasteiger partial charge is 0.495 e. The van der Waals surface area contributed by atoms with Gasteiger partial charge in [-0.05, 0) is 61.7 Å². The highest BCUT2D eigenvalue weighted by atomic mass is 35.5. The van der Waals surface area contributed by atoms with Gasteiger partial charge in [0, 0.05) is 28.2 Å². The molecule has 0 bridgehead atoms. The molecule has 1 amide bonds. The van der Waals surface area contributed by atoms with Crippen LogP contribution in [0.5, 0.6) is 5.75 Å². The Kier molecular flexibility index (Phi) is 9.36. The van der Waals surface area contributed by atoms with Crippen molar-refractivity contribution in [3.63, 3.8) is 0 Å². The van der Waals surface area contributed by atoms with Crippen molar-refractivity contribution in [2.24, 2.45) is 0 Å². The monoisotopic (exact) mass is 565 g/mol. The second-order valence-electron chi connectivity index (χ2n) is 8.11. The van der Waals surface area contributed by atoms with E-state index in [-0.39, 0.29) is 27.0 Å². The minimum atomic E-state index is -4.43. The number of benzene rings is 3. The number of halogens is 2. The van der Waals surface area contributed by atoms with Crippen LogP contribution >= 0.6 is 23.2 Å². The van der Waals surface area contributed by atoms with Gasteiger partial charge in [0.1, 0.15) is 12.3 Å². The number of carbonyl (C=O) groups excluding carboxylic acids is 1. The van der Waals surface area contributed by atoms with Gasteiger partial charge in [-0.3, -0.25) is 19.2 Å². The van der Waals surface area contributed by atoms with Crippen molar-refractivity contribution in [3.05, 3.63) is 92.0 Å². The van der Waals surface area contributed by atoms with E-state index in [1.54, 1.807) is 12.1 Å². The quantitative estimate of drug-likeness (QED) is 0.195. The van der Waals surface area contributed by atoms with Crippen LogP contribution in [0.4, 0.5) is 11.4 Å². The molecule has 0 radical (unpaired) electrons. The summed E-state index contributed by atoms with van der Waals surface area (Å²) in [5.74, 6) is -0.409. The normalized spacial score (nSPS) is 11.1. The molecule has 0 aromatic heterocycles. The molecule has 0 spiro atoms. The summed E-state index contributed by atoms with van der Waals surface area (Å²) >= 11 is 12.0. The fraction of sp³-hybridized carbons (Fsp3) is 0.240. The number of ether oxygens (including phenoxy) is 1. The number of sulfonamides is 1. The second-order valence-corrected chi connectivity index (χ2v) is 10.8. The maximum absolute atomic E-state index is 13.7. The summed E-state index contributed by atoms with van der Waals surface area (Å²) in [7, 11) is -3.08. The first-order valence-corrected chi connectivity index (χ1v) is 13.3. The van der Waals surface area contributed by atoms with Crippen molar-refractivity contribution in [1.82, 2.24) is 5.32 Å². The number of carbonyl (C=O) groups is 1.